The topological polar surface area (TPSA) is 115 Å². The van der Waals surface area contributed by atoms with Crippen molar-refractivity contribution in [1.29, 1.82) is 0 Å². The second-order valence-electron chi connectivity index (χ2n) is 11.5. The van der Waals surface area contributed by atoms with Crippen molar-refractivity contribution in [2.75, 3.05) is 44.0 Å². The van der Waals surface area contributed by atoms with Gasteiger partial charge in [0.2, 0.25) is 0 Å². The number of hydrogen-bond donors (Lipinski definition) is 2. The summed E-state index contributed by atoms with van der Waals surface area (Å²) in [5, 5.41) is 6.13. The van der Waals surface area contributed by atoms with Gasteiger partial charge in [-0.15, -0.1) is 0 Å². The first kappa shape index (κ1) is 31.6. The Morgan fingerprint density at radius 3 is 2.27 bits per heavy atom. The van der Waals surface area contributed by atoms with E-state index < -0.39 is 0 Å². The summed E-state index contributed by atoms with van der Waals surface area (Å²) in [7, 11) is 3.36. The lowest BCUT2D eigenvalue weighted by Crippen LogP contribution is -2.40. The van der Waals surface area contributed by atoms with Gasteiger partial charge in [-0.05, 0) is 66.4 Å². The van der Waals surface area contributed by atoms with Crippen molar-refractivity contribution in [2.24, 2.45) is 13.0 Å². The van der Waals surface area contributed by atoms with E-state index in [1.807, 2.05) is 37.3 Å². The van der Waals surface area contributed by atoms with E-state index >= 15 is 0 Å². The largest absolute Gasteiger partial charge is 0.378 e. The zero-order valence-electron chi connectivity index (χ0n) is 26.3. The summed E-state index contributed by atoms with van der Waals surface area (Å²) in [6.07, 6.45) is 1.63. The van der Waals surface area contributed by atoms with E-state index in [1.165, 1.54) is 4.57 Å². The molecule has 10 nitrogen and oxygen atoms in total. The highest BCUT2D eigenvalue weighted by Gasteiger charge is 2.19. The van der Waals surface area contributed by atoms with Crippen LogP contribution in [-0.2, 0) is 16.5 Å². The summed E-state index contributed by atoms with van der Waals surface area (Å²) in [4.78, 5) is 45.4. The molecule has 10 heteroatoms. The Labute approximate surface area is 263 Å². The molecule has 1 fully saturated rings. The molecule has 3 aromatic carbocycles. The van der Waals surface area contributed by atoms with E-state index in [-0.39, 0.29) is 29.3 Å². The zero-order valence-corrected chi connectivity index (χ0v) is 26.3. The van der Waals surface area contributed by atoms with Gasteiger partial charge in [-0.25, -0.2) is 4.98 Å². The Morgan fingerprint density at radius 1 is 0.956 bits per heavy atom. The molecule has 1 saturated heterocycles. The van der Waals surface area contributed by atoms with Gasteiger partial charge >= 0.3 is 0 Å². The maximum absolute atomic E-state index is 13.2. The molecule has 5 rings (SSSR count). The van der Waals surface area contributed by atoms with E-state index in [0.29, 0.717) is 60.4 Å². The Morgan fingerprint density at radius 2 is 1.62 bits per heavy atom. The number of hydrogen-bond acceptors (Lipinski definition) is 7. The van der Waals surface area contributed by atoms with Crippen molar-refractivity contribution in [2.45, 2.75) is 26.9 Å². The predicted octanol–water partition coefficient (Wildman–Crippen LogP) is 5.57. The molecule has 0 radical (unpaired) electrons. The minimum absolute atomic E-state index is 0.0429. The molecule has 1 aliphatic rings. The summed E-state index contributed by atoms with van der Waals surface area (Å²) in [6.45, 7) is 8.30. The fourth-order valence-electron chi connectivity index (χ4n) is 5.46. The third-order valence-electron chi connectivity index (χ3n) is 7.98. The number of morpholine rings is 1. The SMILES string of the molecule is COC(c1ccc(C(=O)Nc2cccc(-c3cn(C)c(=O)c(Nc4ccc(C(=O)N5CCOCC5)cc4)n3)c2C)cc1)C(C)C. The number of benzene rings is 3. The minimum atomic E-state index is -0.300. The number of anilines is 3. The standard InChI is InChI=1S/C35H39N5O5/c1-22(2)31(44-5)24-9-11-25(12-10-24)33(41)38-29-8-6-7-28(23(29)3)30-21-39(4)35(43)32(37-30)36-27-15-13-26(14-16-27)34(42)40-17-19-45-20-18-40/h6-16,21-22,31H,17-20H2,1-5H3,(H,36,37)(H,38,41). The second kappa shape index (κ2) is 13.9. The highest BCUT2D eigenvalue weighted by atomic mass is 16.5. The molecule has 4 aromatic rings. The molecule has 2 amide bonds. The van der Waals surface area contributed by atoms with Crippen LogP contribution in [0.1, 0.15) is 51.8 Å². The number of rotatable bonds is 9. The first-order chi connectivity index (χ1) is 21.7. The molecule has 1 unspecified atom stereocenters. The van der Waals surface area contributed by atoms with Gasteiger partial charge in [0.15, 0.2) is 5.82 Å². The molecule has 0 bridgehead atoms. The normalized spacial score (nSPS) is 13.9. The summed E-state index contributed by atoms with van der Waals surface area (Å²) in [6, 6.07) is 20.0. The highest BCUT2D eigenvalue weighted by Crippen LogP contribution is 2.29. The Kier molecular flexibility index (Phi) is 9.75. The number of ether oxygens (including phenoxy) is 2. The average Bonchev–Trinajstić information content (AvgIpc) is 3.05. The molecule has 1 aliphatic heterocycles. The van der Waals surface area contributed by atoms with Crippen molar-refractivity contribution >= 4 is 29.0 Å². The maximum Gasteiger partial charge on any atom is 0.293 e. The van der Waals surface area contributed by atoms with Crippen molar-refractivity contribution < 1.29 is 19.1 Å². The van der Waals surface area contributed by atoms with Crippen LogP contribution in [0, 0.1) is 12.8 Å². The van der Waals surface area contributed by atoms with Gasteiger partial charge < -0.3 is 29.6 Å². The van der Waals surface area contributed by atoms with Gasteiger partial charge in [0.1, 0.15) is 0 Å². The average molecular weight is 610 g/mol. The molecule has 45 heavy (non-hydrogen) atoms. The lowest BCUT2D eigenvalue weighted by Gasteiger charge is -2.26. The molecule has 1 aromatic heterocycles. The van der Waals surface area contributed by atoms with E-state index in [4.69, 9.17) is 9.47 Å². The van der Waals surface area contributed by atoms with Gasteiger partial charge in [-0.1, -0.05) is 38.1 Å². The van der Waals surface area contributed by atoms with Crippen LogP contribution in [0.5, 0.6) is 0 Å². The number of methoxy groups -OCH3 is 1. The minimum Gasteiger partial charge on any atom is -0.378 e. The van der Waals surface area contributed by atoms with Crippen molar-refractivity contribution in [3.63, 3.8) is 0 Å². The number of carbonyl (C=O) groups excluding carboxylic acids is 2. The van der Waals surface area contributed by atoms with Crippen molar-refractivity contribution in [3.8, 4) is 11.3 Å². The third kappa shape index (κ3) is 7.13. The maximum atomic E-state index is 13.2. The van der Waals surface area contributed by atoms with Crippen molar-refractivity contribution in [3.05, 3.63) is 106 Å². The highest BCUT2D eigenvalue weighted by molar-refractivity contribution is 6.05. The number of aromatic nitrogens is 2. The molecule has 2 heterocycles. The van der Waals surface area contributed by atoms with Crippen LogP contribution >= 0.6 is 0 Å². The summed E-state index contributed by atoms with van der Waals surface area (Å²) < 4.78 is 12.4. The van der Waals surface area contributed by atoms with Gasteiger partial charge in [-0.3, -0.25) is 14.4 Å². The van der Waals surface area contributed by atoms with Gasteiger partial charge in [0.25, 0.3) is 17.4 Å². The van der Waals surface area contributed by atoms with Gasteiger partial charge in [0, 0.05) is 61.5 Å². The van der Waals surface area contributed by atoms with Crippen LogP contribution in [0.25, 0.3) is 11.3 Å². The Hall–Kier alpha value is -4.80. The molecule has 1 atom stereocenters. The van der Waals surface area contributed by atoms with E-state index in [0.717, 1.165) is 16.7 Å². The van der Waals surface area contributed by atoms with Crippen LogP contribution in [0.4, 0.5) is 17.2 Å². The Bertz CT molecular complexity index is 1730. The zero-order chi connectivity index (χ0) is 32.1. The van der Waals surface area contributed by atoms with Gasteiger partial charge in [-0.2, -0.15) is 0 Å². The lowest BCUT2D eigenvalue weighted by atomic mass is 9.98. The fraction of sp³-hybridized carbons (Fsp3) is 0.314. The number of aryl methyl sites for hydroxylation is 1. The number of carbonyl (C=O) groups is 2. The molecule has 0 spiro atoms. The molecular formula is C35H39N5O5. The van der Waals surface area contributed by atoms with Gasteiger partial charge in [0.05, 0.1) is 25.0 Å². The van der Waals surface area contributed by atoms with E-state index in [1.54, 1.807) is 61.7 Å². The second-order valence-corrected chi connectivity index (χ2v) is 11.5. The quantitative estimate of drug-likeness (QED) is 0.255. The molecule has 2 N–H and O–H groups in total. The first-order valence-electron chi connectivity index (χ1n) is 15.0. The third-order valence-corrected chi connectivity index (χ3v) is 7.98. The monoisotopic (exact) mass is 609 g/mol. The molecule has 0 saturated carbocycles. The lowest BCUT2D eigenvalue weighted by molar-refractivity contribution is 0.0303. The van der Waals surface area contributed by atoms with E-state index in [9.17, 15) is 14.4 Å². The van der Waals surface area contributed by atoms with Crippen LogP contribution in [-0.4, -0.2) is 59.7 Å². The fourth-order valence-corrected chi connectivity index (χ4v) is 5.46. The first-order valence-corrected chi connectivity index (χ1v) is 15.0. The molecule has 0 aliphatic carbocycles. The van der Waals surface area contributed by atoms with Crippen LogP contribution in [0.2, 0.25) is 0 Å². The predicted molar refractivity (Wildman–Crippen MR) is 175 cm³/mol. The number of amides is 2. The number of nitrogens with one attached hydrogen (secondary N) is 2. The van der Waals surface area contributed by atoms with Crippen molar-refractivity contribution in [1.82, 2.24) is 14.5 Å². The molecular weight excluding hydrogens is 570 g/mol. The summed E-state index contributed by atoms with van der Waals surface area (Å²) in [5.74, 6) is 0.170. The smallest absolute Gasteiger partial charge is 0.293 e. The number of nitrogens with zero attached hydrogens (tertiary/aromatic N) is 3. The van der Waals surface area contributed by atoms with Crippen LogP contribution < -0.4 is 16.2 Å². The summed E-state index contributed by atoms with van der Waals surface area (Å²) in [5.41, 5.74) is 5.24. The Balaban J connectivity index is 1.34. The van der Waals surface area contributed by atoms with Crippen LogP contribution in [0.3, 0.4) is 0 Å². The summed E-state index contributed by atoms with van der Waals surface area (Å²) >= 11 is 0. The molecule has 234 valence electrons. The van der Waals surface area contributed by atoms with E-state index in [2.05, 4.69) is 29.5 Å². The van der Waals surface area contributed by atoms with Crippen LogP contribution in [0.15, 0.2) is 77.7 Å².